The molecular formula is C24H27NO5. The Balaban J connectivity index is 1.63. The lowest BCUT2D eigenvalue weighted by Crippen LogP contribution is -2.74. The summed E-state index contributed by atoms with van der Waals surface area (Å²) in [7, 11) is 3.69. The predicted molar refractivity (Wildman–Crippen MR) is 112 cm³/mol. The van der Waals surface area contributed by atoms with Crippen LogP contribution in [0.15, 0.2) is 48.3 Å². The summed E-state index contributed by atoms with van der Waals surface area (Å²) in [6, 6.07) is 3.99. The summed E-state index contributed by atoms with van der Waals surface area (Å²) < 4.78 is 17.8. The molecule has 0 unspecified atom stereocenters. The van der Waals surface area contributed by atoms with Crippen LogP contribution in [-0.4, -0.2) is 54.4 Å². The van der Waals surface area contributed by atoms with Crippen LogP contribution < -0.4 is 9.47 Å². The number of carbonyl (C=O) groups excluding carboxylic acids is 1. The fourth-order valence-corrected chi connectivity index (χ4v) is 5.98. The van der Waals surface area contributed by atoms with Crippen molar-refractivity contribution >= 4 is 5.97 Å². The SMILES string of the molecule is C/C=C/C=C/C(=O)OC1=CC[C@]2(O)[C@@H]3Cc4ccc(OC)c5c4[C@]2(CCN3C)[C@@H]1O5. The van der Waals surface area contributed by atoms with Crippen molar-refractivity contribution in [3.05, 3.63) is 59.4 Å². The standard InChI is InChI=1S/C24H27NO5/c1-4-5-6-7-19(26)29-17-10-11-24(27)18-14-15-8-9-16(28-3)21-20(15)23(24,22(17)30-21)12-13-25(18)2/h4-10,18,22,27H,11-14H2,1-3H3/b5-4+,7-6+/t18-,22+,23+,24-/m0/s1. The van der Waals surface area contributed by atoms with Gasteiger partial charge in [0.15, 0.2) is 17.6 Å². The molecule has 1 fully saturated rings. The van der Waals surface area contributed by atoms with Crippen molar-refractivity contribution in [2.45, 2.75) is 49.3 Å². The van der Waals surface area contributed by atoms with E-state index in [2.05, 4.69) is 18.0 Å². The van der Waals surface area contributed by atoms with Crippen LogP contribution in [0.5, 0.6) is 11.5 Å². The first-order valence-corrected chi connectivity index (χ1v) is 10.5. The van der Waals surface area contributed by atoms with E-state index in [-0.39, 0.29) is 6.04 Å². The summed E-state index contributed by atoms with van der Waals surface area (Å²) in [6.07, 6.45) is 9.83. The molecule has 5 rings (SSSR count). The third-order valence-corrected chi connectivity index (χ3v) is 7.31. The maximum Gasteiger partial charge on any atom is 0.335 e. The number of piperidine rings is 1. The number of methoxy groups -OCH3 is 1. The number of likely N-dealkylation sites (tertiary alicyclic amines) is 1. The number of carbonyl (C=O) groups is 1. The molecule has 2 aliphatic carbocycles. The number of hydrogen-bond donors (Lipinski definition) is 1. The Hall–Kier alpha value is -2.57. The molecule has 1 N–H and O–H groups in total. The zero-order chi connectivity index (χ0) is 21.1. The molecule has 0 aromatic heterocycles. The van der Waals surface area contributed by atoms with Crippen molar-refractivity contribution in [1.29, 1.82) is 0 Å². The van der Waals surface area contributed by atoms with E-state index in [1.165, 1.54) is 11.6 Å². The topological polar surface area (TPSA) is 68.2 Å². The second-order valence-corrected chi connectivity index (χ2v) is 8.59. The molecule has 2 bridgehead atoms. The molecule has 0 saturated carbocycles. The number of likely N-dealkylation sites (N-methyl/N-ethyl adjacent to an activating group) is 1. The number of rotatable bonds is 4. The number of hydrogen-bond acceptors (Lipinski definition) is 6. The van der Waals surface area contributed by atoms with E-state index >= 15 is 0 Å². The summed E-state index contributed by atoms with van der Waals surface area (Å²) in [5, 5.41) is 12.1. The van der Waals surface area contributed by atoms with Crippen LogP contribution in [0, 0.1) is 0 Å². The summed E-state index contributed by atoms with van der Waals surface area (Å²) in [5.74, 6) is 1.35. The molecule has 30 heavy (non-hydrogen) atoms. The minimum Gasteiger partial charge on any atom is -0.493 e. The zero-order valence-corrected chi connectivity index (χ0v) is 17.6. The van der Waals surface area contributed by atoms with Crippen LogP contribution in [0.1, 0.15) is 30.9 Å². The molecule has 6 heteroatoms. The molecule has 0 radical (unpaired) electrons. The Morgan fingerprint density at radius 2 is 2.20 bits per heavy atom. The fraction of sp³-hybridized carbons (Fsp3) is 0.458. The number of ether oxygens (including phenoxy) is 3. The number of allylic oxidation sites excluding steroid dienone is 3. The van der Waals surface area contributed by atoms with Crippen molar-refractivity contribution < 1.29 is 24.1 Å². The summed E-state index contributed by atoms with van der Waals surface area (Å²) >= 11 is 0. The number of benzene rings is 1. The predicted octanol–water partition coefficient (Wildman–Crippen LogP) is 2.65. The first kappa shape index (κ1) is 19.4. The minimum atomic E-state index is -0.994. The highest BCUT2D eigenvalue weighted by molar-refractivity contribution is 5.83. The molecule has 6 nitrogen and oxygen atoms in total. The maximum atomic E-state index is 12.4. The average molecular weight is 409 g/mol. The Kier molecular flexibility index (Phi) is 4.35. The smallest absolute Gasteiger partial charge is 0.335 e. The van der Waals surface area contributed by atoms with E-state index in [9.17, 15) is 9.90 Å². The molecular weight excluding hydrogens is 382 g/mol. The third kappa shape index (κ3) is 2.35. The highest BCUT2D eigenvalue weighted by Crippen LogP contribution is 2.65. The minimum absolute atomic E-state index is 0.0210. The molecule has 0 amide bonds. The largest absolute Gasteiger partial charge is 0.493 e. The highest BCUT2D eigenvalue weighted by Gasteiger charge is 2.72. The van der Waals surface area contributed by atoms with Crippen LogP contribution in [0.3, 0.4) is 0 Å². The van der Waals surface area contributed by atoms with Gasteiger partial charge in [-0.1, -0.05) is 24.3 Å². The number of aliphatic hydroxyl groups is 1. The van der Waals surface area contributed by atoms with E-state index in [0.29, 0.717) is 23.7 Å². The van der Waals surface area contributed by atoms with E-state index in [1.807, 2.05) is 25.1 Å². The van der Waals surface area contributed by atoms with Crippen molar-refractivity contribution in [2.75, 3.05) is 20.7 Å². The normalized spacial score (nSPS) is 33.9. The average Bonchev–Trinajstić information content (AvgIpc) is 3.08. The van der Waals surface area contributed by atoms with Gasteiger partial charge in [-0.15, -0.1) is 0 Å². The molecule has 1 aromatic carbocycles. The Morgan fingerprint density at radius 1 is 1.37 bits per heavy atom. The maximum absolute atomic E-state index is 12.4. The molecule has 1 spiro atoms. The Labute approximate surface area is 176 Å². The molecule has 4 atom stereocenters. The van der Waals surface area contributed by atoms with Gasteiger partial charge < -0.3 is 24.2 Å². The molecule has 2 aliphatic heterocycles. The van der Waals surface area contributed by atoms with Gasteiger partial charge in [-0.3, -0.25) is 0 Å². The molecule has 4 aliphatic rings. The third-order valence-electron chi connectivity index (χ3n) is 7.31. The summed E-state index contributed by atoms with van der Waals surface area (Å²) in [6.45, 7) is 2.72. The van der Waals surface area contributed by atoms with Crippen LogP contribution in [0.2, 0.25) is 0 Å². The number of esters is 1. The quantitative estimate of drug-likeness (QED) is 0.469. The summed E-state index contributed by atoms with van der Waals surface area (Å²) in [5.41, 5.74) is 0.560. The zero-order valence-electron chi connectivity index (χ0n) is 17.6. The lowest BCUT2D eigenvalue weighted by atomic mass is 9.50. The van der Waals surface area contributed by atoms with Crippen LogP contribution in [0.4, 0.5) is 0 Å². The van der Waals surface area contributed by atoms with E-state index < -0.39 is 23.1 Å². The molecule has 2 heterocycles. The fourth-order valence-electron chi connectivity index (χ4n) is 5.98. The van der Waals surface area contributed by atoms with E-state index in [0.717, 1.165) is 24.9 Å². The molecule has 1 aromatic rings. The van der Waals surface area contributed by atoms with Gasteiger partial charge in [0.05, 0.1) is 18.1 Å². The summed E-state index contributed by atoms with van der Waals surface area (Å²) in [4.78, 5) is 14.6. The van der Waals surface area contributed by atoms with Gasteiger partial charge in [0.2, 0.25) is 0 Å². The second kappa shape index (κ2) is 6.72. The first-order valence-electron chi connectivity index (χ1n) is 10.5. The van der Waals surface area contributed by atoms with Crippen molar-refractivity contribution in [3.8, 4) is 11.5 Å². The van der Waals surface area contributed by atoms with Crippen LogP contribution in [-0.2, 0) is 21.4 Å². The van der Waals surface area contributed by atoms with Gasteiger partial charge >= 0.3 is 5.97 Å². The lowest BCUT2D eigenvalue weighted by molar-refractivity contribution is -0.168. The Bertz CT molecular complexity index is 996. The highest BCUT2D eigenvalue weighted by atomic mass is 16.6. The molecule has 1 saturated heterocycles. The lowest BCUT2D eigenvalue weighted by Gasteiger charge is -2.61. The van der Waals surface area contributed by atoms with Gasteiger partial charge in [-0.25, -0.2) is 4.79 Å². The monoisotopic (exact) mass is 409 g/mol. The van der Waals surface area contributed by atoms with Gasteiger partial charge in [0.25, 0.3) is 0 Å². The van der Waals surface area contributed by atoms with Gasteiger partial charge in [0.1, 0.15) is 5.76 Å². The van der Waals surface area contributed by atoms with Gasteiger partial charge in [-0.2, -0.15) is 0 Å². The van der Waals surface area contributed by atoms with E-state index in [4.69, 9.17) is 14.2 Å². The van der Waals surface area contributed by atoms with Crippen molar-refractivity contribution in [2.24, 2.45) is 0 Å². The van der Waals surface area contributed by atoms with Crippen LogP contribution >= 0.6 is 0 Å². The molecule has 158 valence electrons. The van der Waals surface area contributed by atoms with E-state index in [1.54, 1.807) is 19.3 Å². The van der Waals surface area contributed by atoms with Crippen molar-refractivity contribution in [3.63, 3.8) is 0 Å². The Morgan fingerprint density at radius 3 is 2.97 bits per heavy atom. The number of nitrogens with zero attached hydrogens (tertiary/aromatic N) is 1. The van der Waals surface area contributed by atoms with Crippen molar-refractivity contribution in [1.82, 2.24) is 4.90 Å². The second-order valence-electron chi connectivity index (χ2n) is 8.59. The van der Waals surface area contributed by atoms with Crippen LogP contribution in [0.25, 0.3) is 0 Å². The first-order chi connectivity index (χ1) is 14.5. The van der Waals surface area contributed by atoms with Gasteiger partial charge in [-0.05, 0) is 51.1 Å². The van der Waals surface area contributed by atoms with Gasteiger partial charge in [0, 0.05) is 24.1 Å².